The van der Waals surface area contributed by atoms with Gasteiger partial charge in [-0.05, 0) is 37.2 Å². The summed E-state index contributed by atoms with van der Waals surface area (Å²) in [6, 6.07) is 5.93. The Morgan fingerprint density at radius 1 is 1.28 bits per heavy atom. The van der Waals surface area contributed by atoms with Crippen molar-refractivity contribution in [1.82, 2.24) is 9.80 Å². The van der Waals surface area contributed by atoms with Crippen molar-refractivity contribution in [3.8, 4) is 0 Å². The highest BCUT2D eigenvalue weighted by Crippen LogP contribution is 2.19. The molecular weight excluding hydrogens is 292 g/mol. The summed E-state index contributed by atoms with van der Waals surface area (Å²) in [6.45, 7) is 5.67. The SMILES string of the molecule is CCc1cc(Br)ccc1C(=O)N1CCN(C)CC1. The van der Waals surface area contributed by atoms with E-state index in [4.69, 9.17) is 0 Å². The summed E-state index contributed by atoms with van der Waals surface area (Å²) in [5, 5.41) is 0. The van der Waals surface area contributed by atoms with Crippen LogP contribution in [0.3, 0.4) is 0 Å². The van der Waals surface area contributed by atoms with Gasteiger partial charge in [-0.1, -0.05) is 22.9 Å². The summed E-state index contributed by atoms with van der Waals surface area (Å²) in [6.07, 6.45) is 0.883. The van der Waals surface area contributed by atoms with Crippen molar-refractivity contribution in [2.24, 2.45) is 0 Å². The maximum Gasteiger partial charge on any atom is 0.254 e. The first-order valence-electron chi connectivity index (χ1n) is 6.38. The smallest absolute Gasteiger partial charge is 0.254 e. The monoisotopic (exact) mass is 310 g/mol. The maximum atomic E-state index is 12.5. The number of carbonyl (C=O) groups is 1. The zero-order valence-electron chi connectivity index (χ0n) is 10.9. The summed E-state index contributed by atoms with van der Waals surface area (Å²) in [7, 11) is 2.10. The molecule has 0 bridgehead atoms. The highest BCUT2D eigenvalue weighted by Gasteiger charge is 2.21. The number of hydrogen-bond acceptors (Lipinski definition) is 2. The van der Waals surface area contributed by atoms with Crippen LogP contribution >= 0.6 is 15.9 Å². The number of likely N-dealkylation sites (N-methyl/N-ethyl adjacent to an activating group) is 1. The van der Waals surface area contributed by atoms with Crippen LogP contribution < -0.4 is 0 Å². The minimum Gasteiger partial charge on any atom is -0.336 e. The summed E-state index contributed by atoms with van der Waals surface area (Å²) >= 11 is 3.46. The minimum absolute atomic E-state index is 0.174. The van der Waals surface area contributed by atoms with Gasteiger partial charge in [0.05, 0.1) is 0 Å². The number of halogens is 1. The molecule has 1 aliphatic heterocycles. The van der Waals surface area contributed by atoms with Crippen LogP contribution in [0.15, 0.2) is 22.7 Å². The van der Waals surface area contributed by atoms with E-state index in [1.807, 2.05) is 23.1 Å². The Hall–Kier alpha value is -0.870. The number of rotatable bonds is 2. The topological polar surface area (TPSA) is 23.6 Å². The zero-order chi connectivity index (χ0) is 13.1. The quantitative estimate of drug-likeness (QED) is 0.837. The minimum atomic E-state index is 0.174. The van der Waals surface area contributed by atoms with Gasteiger partial charge in [0.25, 0.3) is 5.91 Å². The summed E-state index contributed by atoms with van der Waals surface area (Å²) in [5.41, 5.74) is 1.97. The lowest BCUT2D eigenvalue weighted by atomic mass is 10.0. The van der Waals surface area contributed by atoms with Crippen LogP contribution in [0.4, 0.5) is 0 Å². The molecule has 1 aliphatic rings. The van der Waals surface area contributed by atoms with Gasteiger partial charge < -0.3 is 9.80 Å². The van der Waals surface area contributed by atoms with Gasteiger partial charge in [0.1, 0.15) is 0 Å². The molecule has 0 unspecified atom stereocenters. The molecule has 3 nitrogen and oxygen atoms in total. The van der Waals surface area contributed by atoms with Crippen LogP contribution in [0.2, 0.25) is 0 Å². The van der Waals surface area contributed by atoms with Crippen LogP contribution in [0.5, 0.6) is 0 Å². The highest BCUT2D eigenvalue weighted by molar-refractivity contribution is 9.10. The van der Waals surface area contributed by atoms with Crippen LogP contribution in [-0.4, -0.2) is 48.9 Å². The Morgan fingerprint density at radius 2 is 1.94 bits per heavy atom. The molecule has 1 heterocycles. The molecule has 2 rings (SSSR count). The Morgan fingerprint density at radius 3 is 2.56 bits per heavy atom. The number of carbonyl (C=O) groups excluding carboxylic acids is 1. The van der Waals surface area contributed by atoms with Crippen molar-refractivity contribution in [1.29, 1.82) is 0 Å². The number of amides is 1. The molecule has 4 heteroatoms. The summed E-state index contributed by atoms with van der Waals surface area (Å²) in [5.74, 6) is 0.174. The lowest BCUT2D eigenvalue weighted by molar-refractivity contribution is 0.0663. The van der Waals surface area contributed by atoms with E-state index in [1.54, 1.807) is 0 Å². The van der Waals surface area contributed by atoms with Crippen LogP contribution in [-0.2, 0) is 6.42 Å². The molecule has 0 N–H and O–H groups in total. The molecule has 1 fully saturated rings. The lowest BCUT2D eigenvalue weighted by Crippen LogP contribution is -2.47. The van der Waals surface area contributed by atoms with Crippen LogP contribution in [0.1, 0.15) is 22.8 Å². The van der Waals surface area contributed by atoms with Crippen molar-refractivity contribution in [3.63, 3.8) is 0 Å². The van der Waals surface area contributed by atoms with E-state index in [1.165, 1.54) is 0 Å². The standard InChI is InChI=1S/C14H19BrN2O/c1-3-11-10-12(15)4-5-13(11)14(18)17-8-6-16(2)7-9-17/h4-5,10H,3,6-9H2,1-2H3. The van der Waals surface area contributed by atoms with Crippen molar-refractivity contribution < 1.29 is 4.79 Å². The van der Waals surface area contributed by atoms with E-state index in [2.05, 4.69) is 34.8 Å². The van der Waals surface area contributed by atoms with Crippen LogP contribution in [0.25, 0.3) is 0 Å². The van der Waals surface area contributed by atoms with Gasteiger partial charge in [-0.2, -0.15) is 0 Å². The summed E-state index contributed by atoms with van der Waals surface area (Å²) in [4.78, 5) is 16.7. The molecule has 1 aromatic carbocycles. The second kappa shape index (κ2) is 5.85. The average Bonchev–Trinajstić information content (AvgIpc) is 2.38. The van der Waals surface area contributed by atoms with E-state index in [0.717, 1.165) is 48.2 Å². The highest BCUT2D eigenvalue weighted by atomic mass is 79.9. The number of aryl methyl sites for hydroxylation is 1. The Kier molecular flexibility index (Phi) is 4.40. The molecule has 0 saturated carbocycles. The largest absolute Gasteiger partial charge is 0.336 e. The molecule has 1 saturated heterocycles. The molecule has 0 atom stereocenters. The molecule has 98 valence electrons. The van der Waals surface area contributed by atoms with Crippen molar-refractivity contribution in [3.05, 3.63) is 33.8 Å². The maximum absolute atomic E-state index is 12.5. The van der Waals surface area contributed by atoms with E-state index < -0.39 is 0 Å². The summed E-state index contributed by atoms with van der Waals surface area (Å²) < 4.78 is 1.04. The fraction of sp³-hybridized carbons (Fsp3) is 0.500. The van der Waals surface area contributed by atoms with Gasteiger partial charge in [-0.3, -0.25) is 4.79 Å². The van der Waals surface area contributed by atoms with E-state index >= 15 is 0 Å². The first-order valence-corrected chi connectivity index (χ1v) is 7.17. The Labute approximate surface area is 117 Å². The van der Waals surface area contributed by atoms with E-state index in [0.29, 0.717) is 0 Å². The Balaban J connectivity index is 2.18. The van der Waals surface area contributed by atoms with E-state index in [-0.39, 0.29) is 5.91 Å². The molecule has 0 aromatic heterocycles. The average molecular weight is 311 g/mol. The molecule has 0 radical (unpaired) electrons. The third kappa shape index (κ3) is 2.93. The second-order valence-corrected chi connectivity index (χ2v) is 5.67. The van der Waals surface area contributed by atoms with Gasteiger partial charge in [-0.25, -0.2) is 0 Å². The molecule has 0 spiro atoms. The third-order valence-corrected chi connectivity index (χ3v) is 3.96. The third-order valence-electron chi connectivity index (χ3n) is 3.47. The molecule has 0 aliphatic carbocycles. The number of hydrogen-bond donors (Lipinski definition) is 0. The van der Waals surface area contributed by atoms with Gasteiger partial charge in [-0.15, -0.1) is 0 Å². The number of nitrogens with zero attached hydrogens (tertiary/aromatic N) is 2. The van der Waals surface area contributed by atoms with Gasteiger partial charge in [0.2, 0.25) is 0 Å². The van der Waals surface area contributed by atoms with Gasteiger partial charge in [0, 0.05) is 36.2 Å². The molecule has 1 amide bonds. The predicted molar refractivity (Wildman–Crippen MR) is 76.9 cm³/mol. The fourth-order valence-electron chi connectivity index (χ4n) is 2.24. The predicted octanol–water partition coefficient (Wildman–Crippen LogP) is 2.40. The fourth-order valence-corrected chi connectivity index (χ4v) is 2.65. The molecule has 18 heavy (non-hydrogen) atoms. The van der Waals surface area contributed by atoms with Crippen molar-refractivity contribution >= 4 is 21.8 Å². The van der Waals surface area contributed by atoms with E-state index in [9.17, 15) is 4.79 Å². The van der Waals surface area contributed by atoms with Crippen molar-refractivity contribution in [2.45, 2.75) is 13.3 Å². The number of piperazine rings is 1. The number of benzene rings is 1. The normalized spacial score (nSPS) is 16.9. The Bertz CT molecular complexity index is 439. The van der Waals surface area contributed by atoms with Gasteiger partial charge in [0.15, 0.2) is 0 Å². The second-order valence-electron chi connectivity index (χ2n) is 4.75. The first-order chi connectivity index (χ1) is 8.61. The van der Waals surface area contributed by atoms with Gasteiger partial charge >= 0.3 is 0 Å². The van der Waals surface area contributed by atoms with Crippen LogP contribution in [0, 0.1) is 0 Å². The molecular formula is C14H19BrN2O. The zero-order valence-corrected chi connectivity index (χ0v) is 12.5. The molecule has 1 aromatic rings. The lowest BCUT2D eigenvalue weighted by Gasteiger charge is -2.32. The first kappa shape index (κ1) is 13.6. The van der Waals surface area contributed by atoms with Crippen molar-refractivity contribution in [2.75, 3.05) is 33.2 Å².